The van der Waals surface area contributed by atoms with Crippen LogP contribution >= 0.6 is 24.0 Å². The van der Waals surface area contributed by atoms with Gasteiger partial charge < -0.3 is 5.32 Å². The second-order valence-corrected chi connectivity index (χ2v) is 8.23. The van der Waals surface area contributed by atoms with E-state index in [1.54, 1.807) is 0 Å². The zero-order valence-corrected chi connectivity index (χ0v) is 14.6. The highest BCUT2D eigenvalue weighted by atomic mass is 35.5. The number of hydrogen-bond acceptors (Lipinski definition) is 5. The zero-order valence-electron chi connectivity index (χ0n) is 12.2. The summed E-state index contributed by atoms with van der Waals surface area (Å²) in [6, 6.07) is 3.66. The van der Waals surface area contributed by atoms with Crippen LogP contribution in [0.1, 0.15) is 12.8 Å². The first-order chi connectivity index (χ1) is 10.3. The molecule has 1 aromatic rings. The smallest absolute Gasteiger partial charge is 0.290 e. The first kappa shape index (κ1) is 18.4. The Morgan fingerprint density at radius 3 is 2.70 bits per heavy atom. The predicted octanol–water partition coefficient (Wildman–Crippen LogP) is 2.04. The first-order valence-corrected chi connectivity index (χ1v) is 8.81. The van der Waals surface area contributed by atoms with Gasteiger partial charge in [0.2, 0.25) is 10.0 Å². The number of halogens is 2. The van der Waals surface area contributed by atoms with E-state index in [0.717, 1.165) is 32.0 Å². The molecule has 2 saturated heterocycles. The van der Waals surface area contributed by atoms with Gasteiger partial charge in [-0.2, -0.15) is 4.31 Å². The second-order valence-electron chi connectivity index (χ2n) is 5.88. The molecule has 1 aromatic carbocycles. The molecule has 3 rings (SSSR count). The average molecular weight is 382 g/mol. The van der Waals surface area contributed by atoms with Crippen LogP contribution in [-0.4, -0.2) is 43.8 Å². The third kappa shape index (κ3) is 3.32. The molecule has 128 valence electrons. The number of nitrogens with one attached hydrogen (secondary N) is 1. The predicted molar refractivity (Wildman–Crippen MR) is 88.6 cm³/mol. The van der Waals surface area contributed by atoms with Gasteiger partial charge in [-0.3, -0.25) is 10.1 Å². The number of sulfonamides is 1. The monoisotopic (exact) mass is 381 g/mol. The Hall–Kier alpha value is -0.930. The molecule has 1 atom stereocenters. The van der Waals surface area contributed by atoms with E-state index in [0.29, 0.717) is 13.1 Å². The van der Waals surface area contributed by atoms with Gasteiger partial charge in [0.15, 0.2) is 4.90 Å². The average Bonchev–Trinajstić information content (AvgIpc) is 3.09. The Kier molecular flexibility index (Phi) is 5.22. The Labute approximate surface area is 145 Å². The molecular weight excluding hydrogens is 365 g/mol. The number of nitrogens with zero attached hydrogens (tertiary/aromatic N) is 2. The number of nitro groups is 1. The van der Waals surface area contributed by atoms with Gasteiger partial charge in [-0.15, -0.1) is 12.4 Å². The van der Waals surface area contributed by atoms with Gasteiger partial charge in [-0.05, 0) is 36.9 Å². The summed E-state index contributed by atoms with van der Waals surface area (Å²) in [5.74, 6) is 0. The van der Waals surface area contributed by atoms with Crippen molar-refractivity contribution in [3.8, 4) is 0 Å². The Morgan fingerprint density at radius 1 is 1.35 bits per heavy atom. The van der Waals surface area contributed by atoms with Crippen molar-refractivity contribution in [2.45, 2.75) is 17.7 Å². The normalized spacial score (nSPS) is 24.7. The van der Waals surface area contributed by atoms with Crippen LogP contribution in [0.4, 0.5) is 5.69 Å². The summed E-state index contributed by atoms with van der Waals surface area (Å²) in [4.78, 5) is 10.1. The molecule has 1 N–H and O–H groups in total. The minimum atomic E-state index is -3.89. The number of nitro benzene ring substituents is 1. The van der Waals surface area contributed by atoms with Gasteiger partial charge in [0.05, 0.1) is 4.92 Å². The van der Waals surface area contributed by atoms with Crippen LogP contribution in [0, 0.1) is 15.5 Å². The molecule has 2 aliphatic rings. The minimum Gasteiger partial charge on any atom is -0.316 e. The lowest BCUT2D eigenvalue weighted by atomic mass is 9.87. The fraction of sp³-hybridized carbons (Fsp3) is 0.538. The summed E-state index contributed by atoms with van der Waals surface area (Å²) in [5, 5.41) is 14.5. The van der Waals surface area contributed by atoms with Crippen LogP contribution in [0.5, 0.6) is 0 Å². The summed E-state index contributed by atoms with van der Waals surface area (Å²) in [7, 11) is -3.89. The van der Waals surface area contributed by atoms with Crippen molar-refractivity contribution in [1.29, 1.82) is 0 Å². The lowest BCUT2D eigenvalue weighted by Crippen LogP contribution is -2.33. The molecule has 0 saturated carbocycles. The van der Waals surface area contributed by atoms with Crippen LogP contribution in [0.25, 0.3) is 0 Å². The van der Waals surface area contributed by atoms with E-state index in [9.17, 15) is 18.5 Å². The summed E-state index contributed by atoms with van der Waals surface area (Å²) in [5.41, 5.74) is -0.508. The van der Waals surface area contributed by atoms with E-state index < -0.39 is 20.6 Å². The van der Waals surface area contributed by atoms with Gasteiger partial charge in [0.1, 0.15) is 0 Å². The Morgan fingerprint density at radius 2 is 2.09 bits per heavy atom. The number of rotatable bonds is 3. The summed E-state index contributed by atoms with van der Waals surface area (Å²) in [6.07, 6.45) is 1.71. The molecule has 2 aliphatic heterocycles. The van der Waals surface area contributed by atoms with Crippen LogP contribution in [0.15, 0.2) is 23.1 Å². The first-order valence-electron chi connectivity index (χ1n) is 6.99. The lowest BCUT2D eigenvalue weighted by Gasteiger charge is -2.22. The highest BCUT2D eigenvalue weighted by molar-refractivity contribution is 7.89. The minimum absolute atomic E-state index is 0. The fourth-order valence-electron chi connectivity index (χ4n) is 3.23. The van der Waals surface area contributed by atoms with E-state index in [4.69, 9.17) is 11.6 Å². The molecule has 2 fully saturated rings. The maximum absolute atomic E-state index is 12.8. The molecule has 0 aromatic heterocycles. The standard InChI is InChI=1S/C13H16ClN3O4S.ClH/c14-10-1-2-12(11(7-10)17(18)19)22(20,21)16-6-4-13(9-16)3-5-15-8-13;/h1-2,7,15H,3-6,8-9H2;1H. The highest BCUT2D eigenvalue weighted by Gasteiger charge is 2.45. The van der Waals surface area contributed by atoms with Crippen LogP contribution < -0.4 is 5.32 Å². The zero-order chi connectivity index (χ0) is 16.0. The molecule has 0 bridgehead atoms. The van der Waals surface area contributed by atoms with Crippen molar-refractivity contribution in [3.05, 3.63) is 33.3 Å². The summed E-state index contributed by atoms with van der Waals surface area (Å²) in [6.45, 7) is 2.47. The van der Waals surface area contributed by atoms with Crippen molar-refractivity contribution >= 4 is 39.7 Å². The molecular formula is C13H17Cl2N3O4S. The highest BCUT2D eigenvalue weighted by Crippen LogP contribution is 2.39. The molecule has 0 aliphatic carbocycles. The van der Waals surface area contributed by atoms with Crippen LogP contribution in [0.2, 0.25) is 5.02 Å². The van der Waals surface area contributed by atoms with Gasteiger partial charge in [-0.25, -0.2) is 8.42 Å². The van der Waals surface area contributed by atoms with Gasteiger partial charge >= 0.3 is 0 Å². The second kappa shape index (κ2) is 6.52. The summed E-state index contributed by atoms with van der Waals surface area (Å²) >= 11 is 5.75. The number of benzene rings is 1. The van der Waals surface area contributed by atoms with E-state index in [1.165, 1.54) is 16.4 Å². The Balaban J connectivity index is 0.00000192. The van der Waals surface area contributed by atoms with E-state index >= 15 is 0 Å². The molecule has 0 amide bonds. The van der Waals surface area contributed by atoms with Gasteiger partial charge in [0, 0.05) is 30.7 Å². The fourth-order valence-corrected chi connectivity index (χ4v) is 5.09. The van der Waals surface area contributed by atoms with Crippen molar-refractivity contribution in [2.75, 3.05) is 26.2 Å². The maximum Gasteiger partial charge on any atom is 0.290 e. The number of hydrogen-bond donors (Lipinski definition) is 1. The lowest BCUT2D eigenvalue weighted by molar-refractivity contribution is -0.387. The largest absolute Gasteiger partial charge is 0.316 e. The van der Waals surface area contributed by atoms with Crippen LogP contribution in [0.3, 0.4) is 0 Å². The molecule has 10 heteroatoms. The van der Waals surface area contributed by atoms with Crippen LogP contribution in [-0.2, 0) is 10.0 Å². The van der Waals surface area contributed by atoms with Crippen molar-refractivity contribution < 1.29 is 13.3 Å². The topological polar surface area (TPSA) is 92.5 Å². The third-order valence-electron chi connectivity index (χ3n) is 4.47. The van der Waals surface area contributed by atoms with Gasteiger partial charge in [-0.1, -0.05) is 11.6 Å². The van der Waals surface area contributed by atoms with E-state index in [-0.39, 0.29) is 27.7 Å². The molecule has 23 heavy (non-hydrogen) atoms. The maximum atomic E-state index is 12.8. The molecule has 7 nitrogen and oxygen atoms in total. The SMILES string of the molecule is Cl.O=[N+]([O-])c1cc(Cl)ccc1S(=O)(=O)N1CCC2(CCNC2)C1. The molecule has 0 radical (unpaired) electrons. The van der Waals surface area contributed by atoms with Gasteiger partial charge in [0.25, 0.3) is 5.69 Å². The molecule has 1 spiro atoms. The Bertz CT molecular complexity index is 720. The van der Waals surface area contributed by atoms with Crippen molar-refractivity contribution in [3.63, 3.8) is 0 Å². The van der Waals surface area contributed by atoms with Crippen molar-refractivity contribution in [2.24, 2.45) is 5.41 Å². The molecule has 2 heterocycles. The molecule has 1 unspecified atom stereocenters. The van der Waals surface area contributed by atoms with E-state index in [2.05, 4.69) is 5.32 Å². The quantitative estimate of drug-likeness (QED) is 0.638. The third-order valence-corrected chi connectivity index (χ3v) is 6.60. The summed E-state index contributed by atoms with van der Waals surface area (Å²) < 4.78 is 26.9. The van der Waals surface area contributed by atoms with E-state index in [1.807, 2.05) is 0 Å². The van der Waals surface area contributed by atoms with Crippen molar-refractivity contribution in [1.82, 2.24) is 9.62 Å².